The Labute approximate surface area is 146 Å². The van der Waals surface area contributed by atoms with Gasteiger partial charge in [-0.05, 0) is 12.8 Å². The lowest BCUT2D eigenvalue weighted by atomic mass is 10.0. The first-order chi connectivity index (χ1) is 9.56. The summed E-state index contributed by atoms with van der Waals surface area (Å²) in [5.74, 6) is 0. The van der Waals surface area contributed by atoms with Crippen molar-refractivity contribution in [3.05, 3.63) is 0 Å². The number of quaternary nitrogens is 2. The van der Waals surface area contributed by atoms with Crippen LogP contribution in [0.25, 0.3) is 0 Å². The Morgan fingerprint density at radius 1 is 0.478 bits per heavy atom. The molecule has 23 heavy (non-hydrogen) atoms. The molecule has 0 amide bonds. The van der Waals surface area contributed by atoms with Crippen molar-refractivity contribution >= 4 is 0 Å². The second-order valence-corrected chi connectivity index (χ2v) is 7.61. The predicted octanol–water partition coefficient (Wildman–Crippen LogP) is 6.20. The molecule has 0 aliphatic rings. The monoisotopic (exact) mass is 336 g/mol. The molecule has 0 saturated heterocycles. The molecule has 0 heterocycles. The minimum atomic E-state index is 0. The van der Waals surface area contributed by atoms with Gasteiger partial charge < -0.3 is 21.6 Å². The lowest BCUT2D eigenvalue weighted by Gasteiger charge is -2.23. The van der Waals surface area contributed by atoms with Crippen LogP contribution in [0.1, 0.15) is 96.8 Å². The maximum atomic E-state index is 2.29. The third kappa shape index (κ3) is 30.3. The molecule has 0 aromatic heterocycles. The van der Waals surface area contributed by atoms with Gasteiger partial charge in [0, 0.05) is 0 Å². The molecule has 0 aliphatic heterocycles. The molecule has 0 radical (unpaired) electrons. The highest BCUT2D eigenvalue weighted by Crippen LogP contribution is 2.13. The molecule has 0 unspecified atom stereocenters. The predicted molar refractivity (Wildman–Crippen MR) is 103 cm³/mol. The van der Waals surface area contributed by atoms with Gasteiger partial charge in [0.05, 0.1) is 27.7 Å². The minimum absolute atomic E-state index is 0. The number of rotatable bonds is 15. The Morgan fingerprint density at radius 2 is 0.739 bits per heavy atom. The summed E-state index contributed by atoms with van der Waals surface area (Å²) in [6.07, 6.45) is 20.4. The van der Waals surface area contributed by atoms with Gasteiger partial charge >= 0.3 is 0 Å². The number of unbranched alkanes of at least 4 members (excludes halogenated alkanes) is 13. The van der Waals surface area contributed by atoms with Crippen LogP contribution in [-0.2, 0) is 0 Å². The van der Waals surface area contributed by atoms with Crippen LogP contribution in [0.5, 0.6) is 0 Å². The standard InChI is InChI=1S/C19H42N.H3N.2H2O/c1-5-6-7-8-9-10-11-12-13-14-15-16-17-18-19-20(2,3)4;;;/h5-19H2,1-4H3;1H3;2*1H2/q+1;;;/p-1. The second-order valence-electron chi connectivity index (χ2n) is 7.61. The third-order valence-electron chi connectivity index (χ3n) is 4.18. The van der Waals surface area contributed by atoms with Crippen LogP contribution in [0.4, 0.5) is 0 Å². The molecule has 0 bridgehead atoms. The van der Waals surface area contributed by atoms with Gasteiger partial charge in [0.25, 0.3) is 0 Å². The summed E-state index contributed by atoms with van der Waals surface area (Å²) >= 11 is 0. The van der Waals surface area contributed by atoms with E-state index in [2.05, 4.69) is 28.1 Å². The van der Waals surface area contributed by atoms with Crippen LogP contribution < -0.4 is 6.15 Å². The molecule has 0 aromatic carbocycles. The van der Waals surface area contributed by atoms with Crippen molar-refractivity contribution in [3.8, 4) is 0 Å². The van der Waals surface area contributed by atoms with Gasteiger partial charge in [0.15, 0.2) is 0 Å². The summed E-state index contributed by atoms with van der Waals surface area (Å²) in [6, 6.07) is 0. The molecule has 0 aliphatic carbocycles. The first-order valence-electron chi connectivity index (χ1n) is 9.36. The zero-order valence-electron chi connectivity index (χ0n) is 16.9. The Kier molecular flexibility index (Phi) is 29.1. The summed E-state index contributed by atoms with van der Waals surface area (Å²) in [6.45, 7) is 3.63. The fourth-order valence-corrected chi connectivity index (χ4v) is 2.78. The van der Waals surface area contributed by atoms with E-state index in [1.165, 1.54) is 96.4 Å². The zero-order valence-corrected chi connectivity index (χ0v) is 16.9. The van der Waals surface area contributed by atoms with E-state index in [1.54, 1.807) is 0 Å². The minimum Gasteiger partial charge on any atom is -0.870 e. The van der Waals surface area contributed by atoms with Gasteiger partial charge in [-0.25, -0.2) is 0 Å². The molecular formula is C19H48N2O2. The SMILES string of the molecule is CCCCCCCCCCCCCCCC[N+](C)(C)C.[NH4+].[OH-].[OH-]. The van der Waals surface area contributed by atoms with E-state index in [9.17, 15) is 0 Å². The summed E-state index contributed by atoms with van der Waals surface area (Å²) in [4.78, 5) is 0. The van der Waals surface area contributed by atoms with Crippen molar-refractivity contribution in [3.63, 3.8) is 0 Å². The van der Waals surface area contributed by atoms with Gasteiger partial charge in [-0.15, -0.1) is 0 Å². The first-order valence-corrected chi connectivity index (χ1v) is 9.36. The molecule has 0 aromatic rings. The van der Waals surface area contributed by atoms with Crippen LogP contribution in [0.3, 0.4) is 0 Å². The fourth-order valence-electron chi connectivity index (χ4n) is 2.78. The lowest BCUT2D eigenvalue weighted by Crippen LogP contribution is -2.35. The highest BCUT2D eigenvalue weighted by Gasteiger charge is 2.04. The third-order valence-corrected chi connectivity index (χ3v) is 4.18. The van der Waals surface area contributed by atoms with Crippen molar-refractivity contribution in [2.45, 2.75) is 96.8 Å². The molecule has 0 fully saturated rings. The van der Waals surface area contributed by atoms with Gasteiger partial charge in [-0.1, -0.05) is 84.0 Å². The Balaban J connectivity index is -0.000000602. The lowest BCUT2D eigenvalue weighted by molar-refractivity contribution is -0.870. The number of hydrogen-bond acceptors (Lipinski definition) is 2. The topological polar surface area (TPSA) is 96.5 Å². The van der Waals surface area contributed by atoms with E-state index < -0.39 is 0 Å². The van der Waals surface area contributed by atoms with Crippen LogP contribution >= 0.6 is 0 Å². The molecule has 0 rings (SSSR count). The number of nitrogens with zero attached hydrogens (tertiary/aromatic N) is 1. The summed E-state index contributed by atoms with van der Waals surface area (Å²) in [5, 5.41) is 0. The quantitative estimate of drug-likeness (QED) is 0.284. The molecule has 146 valence electrons. The van der Waals surface area contributed by atoms with E-state index in [-0.39, 0.29) is 17.1 Å². The van der Waals surface area contributed by atoms with E-state index in [0.717, 1.165) is 4.48 Å². The molecular weight excluding hydrogens is 288 g/mol. The Morgan fingerprint density at radius 3 is 1.00 bits per heavy atom. The Bertz CT molecular complexity index is 194. The van der Waals surface area contributed by atoms with E-state index in [1.807, 2.05) is 0 Å². The average Bonchev–Trinajstić information content (AvgIpc) is 2.38. The van der Waals surface area contributed by atoms with Crippen LogP contribution in [0.15, 0.2) is 0 Å². The molecule has 0 saturated carbocycles. The van der Waals surface area contributed by atoms with E-state index in [4.69, 9.17) is 0 Å². The Hall–Kier alpha value is -0.160. The average molecular weight is 337 g/mol. The van der Waals surface area contributed by atoms with Gasteiger partial charge in [0.1, 0.15) is 0 Å². The summed E-state index contributed by atoms with van der Waals surface area (Å²) < 4.78 is 1.12. The maximum Gasteiger partial charge on any atom is 0.0780 e. The molecule has 6 N–H and O–H groups in total. The van der Waals surface area contributed by atoms with Crippen molar-refractivity contribution in [2.24, 2.45) is 0 Å². The smallest absolute Gasteiger partial charge is 0.0780 e. The molecule has 4 nitrogen and oxygen atoms in total. The van der Waals surface area contributed by atoms with Crippen LogP contribution in [0, 0.1) is 0 Å². The van der Waals surface area contributed by atoms with Gasteiger partial charge in [-0.2, -0.15) is 0 Å². The highest BCUT2D eigenvalue weighted by atomic mass is 16.0. The zero-order chi connectivity index (χ0) is 15.1. The highest BCUT2D eigenvalue weighted by molar-refractivity contribution is 4.49. The summed E-state index contributed by atoms with van der Waals surface area (Å²) in [7, 11) is 6.88. The largest absolute Gasteiger partial charge is 0.870 e. The van der Waals surface area contributed by atoms with Crippen molar-refractivity contribution in [1.82, 2.24) is 6.15 Å². The molecule has 0 spiro atoms. The van der Waals surface area contributed by atoms with Crippen LogP contribution in [0.2, 0.25) is 0 Å². The second kappa shape index (κ2) is 21.8. The number of hydrogen-bond donors (Lipinski definition) is 1. The van der Waals surface area contributed by atoms with E-state index in [0.29, 0.717) is 0 Å². The molecule has 0 atom stereocenters. The maximum absolute atomic E-state index is 2.29. The van der Waals surface area contributed by atoms with Crippen molar-refractivity contribution in [1.29, 1.82) is 0 Å². The van der Waals surface area contributed by atoms with Gasteiger partial charge in [-0.3, -0.25) is 0 Å². The fraction of sp³-hybridized carbons (Fsp3) is 1.00. The van der Waals surface area contributed by atoms with Crippen LogP contribution in [-0.4, -0.2) is 43.1 Å². The van der Waals surface area contributed by atoms with Gasteiger partial charge in [0.2, 0.25) is 0 Å². The summed E-state index contributed by atoms with van der Waals surface area (Å²) in [5.41, 5.74) is 0. The first kappa shape index (κ1) is 30.7. The molecule has 4 heteroatoms. The van der Waals surface area contributed by atoms with E-state index >= 15 is 0 Å². The van der Waals surface area contributed by atoms with Crippen molar-refractivity contribution < 1.29 is 15.4 Å². The van der Waals surface area contributed by atoms with Crippen molar-refractivity contribution in [2.75, 3.05) is 27.7 Å². The normalized spacial score (nSPS) is 10.4.